The molecule has 6 nitrogen and oxygen atoms in total. The van der Waals surface area contributed by atoms with Crippen LogP contribution in [-0.4, -0.2) is 30.6 Å². The molecule has 3 rings (SSSR count). The second-order valence-corrected chi connectivity index (χ2v) is 5.87. The van der Waals surface area contributed by atoms with E-state index in [1.54, 1.807) is 13.1 Å². The van der Waals surface area contributed by atoms with Crippen LogP contribution in [0.1, 0.15) is 18.7 Å². The molecule has 0 unspecified atom stereocenters. The highest BCUT2D eigenvalue weighted by molar-refractivity contribution is 5.95. The lowest BCUT2D eigenvalue weighted by molar-refractivity contribution is -0.130. The van der Waals surface area contributed by atoms with Crippen molar-refractivity contribution in [2.75, 3.05) is 25.1 Å². The van der Waals surface area contributed by atoms with Crippen molar-refractivity contribution >= 4 is 24.0 Å². The van der Waals surface area contributed by atoms with Crippen LogP contribution >= 0.6 is 12.4 Å². The molecule has 0 saturated carbocycles. The highest BCUT2D eigenvalue weighted by atomic mass is 35.5. The highest BCUT2D eigenvalue weighted by Gasteiger charge is 2.38. The van der Waals surface area contributed by atoms with Crippen LogP contribution in [0.25, 0.3) is 11.3 Å². The van der Waals surface area contributed by atoms with Gasteiger partial charge in [-0.1, -0.05) is 0 Å². The van der Waals surface area contributed by atoms with E-state index in [9.17, 15) is 4.79 Å². The summed E-state index contributed by atoms with van der Waals surface area (Å²) in [7, 11) is 0. The SMILES string of the molecule is Cc1ncc(-c2ccc(NC(=O)C3(CN)CCOCC3)cc2)o1.Cl. The molecule has 3 N–H and O–H groups in total. The van der Waals surface area contributed by atoms with Gasteiger partial charge < -0.3 is 20.2 Å². The lowest BCUT2D eigenvalue weighted by Crippen LogP contribution is -2.46. The minimum absolute atomic E-state index is 0. The molecule has 1 aromatic heterocycles. The molecule has 1 fully saturated rings. The molecular weight excluding hydrogens is 330 g/mol. The van der Waals surface area contributed by atoms with Gasteiger partial charge in [0.15, 0.2) is 11.7 Å². The van der Waals surface area contributed by atoms with Crippen LogP contribution in [-0.2, 0) is 9.53 Å². The van der Waals surface area contributed by atoms with E-state index in [2.05, 4.69) is 10.3 Å². The van der Waals surface area contributed by atoms with E-state index >= 15 is 0 Å². The summed E-state index contributed by atoms with van der Waals surface area (Å²) < 4.78 is 10.8. The number of ether oxygens (including phenoxy) is 1. The number of hydrogen-bond acceptors (Lipinski definition) is 5. The first kappa shape index (κ1) is 18.4. The summed E-state index contributed by atoms with van der Waals surface area (Å²) in [5.74, 6) is 1.30. The topological polar surface area (TPSA) is 90.4 Å². The predicted octanol–water partition coefficient (Wildman–Crippen LogP) is 2.77. The molecule has 0 aliphatic carbocycles. The zero-order valence-electron chi connectivity index (χ0n) is 13.6. The van der Waals surface area contributed by atoms with Crippen LogP contribution < -0.4 is 11.1 Å². The smallest absolute Gasteiger partial charge is 0.232 e. The molecule has 1 saturated heterocycles. The number of benzene rings is 1. The summed E-state index contributed by atoms with van der Waals surface area (Å²) >= 11 is 0. The first-order chi connectivity index (χ1) is 11.1. The van der Waals surface area contributed by atoms with E-state index in [4.69, 9.17) is 14.9 Å². The summed E-state index contributed by atoms with van der Waals surface area (Å²) in [5, 5.41) is 2.97. The Kier molecular flexibility index (Phi) is 5.99. The van der Waals surface area contributed by atoms with Crippen molar-refractivity contribution in [3.63, 3.8) is 0 Å². The zero-order valence-corrected chi connectivity index (χ0v) is 14.4. The van der Waals surface area contributed by atoms with Gasteiger partial charge in [-0.3, -0.25) is 4.79 Å². The standard InChI is InChI=1S/C17H21N3O3.ClH/c1-12-19-10-15(23-12)13-2-4-14(5-3-13)20-16(21)17(11-18)6-8-22-9-7-17;/h2-5,10H,6-9,11,18H2,1H3,(H,20,21);1H. The predicted molar refractivity (Wildman–Crippen MR) is 94.1 cm³/mol. The highest BCUT2D eigenvalue weighted by Crippen LogP contribution is 2.31. The van der Waals surface area contributed by atoms with Gasteiger partial charge in [-0.05, 0) is 37.1 Å². The Bertz CT molecular complexity index is 679. The van der Waals surface area contributed by atoms with Crippen LogP contribution in [0.2, 0.25) is 0 Å². The van der Waals surface area contributed by atoms with Gasteiger partial charge >= 0.3 is 0 Å². The minimum Gasteiger partial charge on any atom is -0.441 e. The Morgan fingerprint density at radius 1 is 1.29 bits per heavy atom. The van der Waals surface area contributed by atoms with Gasteiger partial charge in [-0.25, -0.2) is 4.98 Å². The summed E-state index contributed by atoms with van der Waals surface area (Å²) in [5.41, 5.74) is 7.00. The second kappa shape index (κ2) is 7.79. The summed E-state index contributed by atoms with van der Waals surface area (Å²) in [6, 6.07) is 7.51. The van der Waals surface area contributed by atoms with Crippen molar-refractivity contribution < 1.29 is 13.9 Å². The van der Waals surface area contributed by atoms with E-state index in [1.807, 2.05) is 24.3 Å². The number of nitrogens with zero attached hydrogens (tertiary/aromatic N) is 1. The number of rotatable bonds is 4. The van der Waals surface area contributed by atoms with Crippen molar-refractivity contribution in [2.45, 2.75) is 19.8 Å². The molecule has 1 aliphatic rings. The van der Waals surface area contributed by atoms with Crippen LogP contribution in [0.15, 0.2) is 34.9 Å². The Balaban J connectivity index is 0.00000208. The Morgan fingerprint density at radius 3 is 2.50 bits per heavy atom. The van der Waals surface area contributed by atoms with Crippen molar-refractivity contribution in [2.24, 2.45) is 11.1 Å². The summed E-state index contributed by atoms with van der Waals surface area (Å²) in [4.78, 5) is 16.7. The van der Waals surface area contributed by atoms with Gasteiger partial charge in [0.25, 0.3) is 0 Å². The molecule has 2 aromatic rings. The van der Waals surface area contributed by atoms with Gasteiger partial charge in [-0.15, -0.1) is 12.4 Å². The van der Waals surface area contributed by atoms with Gasteiger partial charge in [0, 0.05) is 37.9 Å². The Morgan fingerprint density at radius 2 is 1.96 bits per heavy atom. The van der Waals surface area contributed by atoms with Gasteiger partial charge in [0.05, 0.1) is 11.6 Å². The number of carbonyl (C=O) groups excluding carboxylic acids is 1. The van der Waals surface area contributed by atoms with Gasteiger partial charge in [0.2, 0.25) is 5.91 Å². The average molecular weight is 352 g/mol. The number of aryl methyl sites for hydroxylation is 1. The van der Waals surface area contributed by atoms with E-state index in [0.29, 0.717) is 44.3 Å². The largest absolute Gasteiger partial charge is 0.441 e. The molecule has 0 atom stereocenters. The number of hydrogen-bond donors (Lipinski definition) is 2. The third-order valence-electron chi connectivity index (χ3n) is 4.37. The fourth-order valence-corrected chi connectivity index (χ4v) is 2.76. The van der Waals surface area contributed by atoms with Crippen molar-refractivity contribution in [3.8, 4) is 11.3 Å². The number of nitrogens with two attached hydrogens (primary N) is 1. The molecule has 7 heteroatoms. The quantitative estimate of drug-likeness (QED) is 0.883. The number of amides is 1. The minimum atomic E-state index is -0.529. The fraction of sp³-hybridized carbons (Fsp3) is 0.412. The van der Waals surface area contributed by atoms with Crippen LogP contribution in [0.5, 0.6) is 0 Å². The molecule has 24 heavy (non-hydrogen) atoms. The number of carbonyl (C=O) groups is 1. The van der Waals surface area contributed by atoms with Crippen LogP contribution in [0.3, 0.4) is 0 Å². The molecule has 0 radical (unpaired) electrons. The van der Waals surface area contributed by atoms with E-state index in [1.165, 1.54) is 0 Å². The zero-order chi connectivity index (χ0) is 16.3. The third-order valence-corrected chi connectivity index (χ3v) is 4.37. The lowest BCUT2D eigenvalue weighted by Gasteiger charge is -2.34. The normalized spacial score (nSPS) is 16.2. The first-order valence-corrected chi connectivity index (χ1v) is 7.75. The maximum absolute atomic E-state index is 12.6. The third kappa shape index (κ3) is 3.77. The number of oxazole rings is 1. The first-order valence-electron chi connectivity index (χ1n) is 7.75. The second-order valence-electron chi connectivity index (χ2n) is 5.87. The van der Waals surface area contributed by atoms with Crippen LogP contribution in [0.4, 0.5) is 5.69 Å². The lowest BCUT2D eigenvalue weighted by atomic mass is 9.79. The van der Waals surface area contributed by atoms with E-state index in [0.717, 1.165) is 11.3 Å². The van der Waals surface area contributed by atoms with Crippen molar-refractivity contribution in [3.05, 3.63) is 36.4 Å². The van der Waals surface area contributed by atoms with Crippen LogP contribution in [0, 0.1) is 12.3 Å². The molecule has 2 heterocycles. The molecule has 0 spiro atoms. The Hall–Kier alpha value is -1.89. The number of halogens is 1. The summed E-state index contributed by atoms with van der Waals surface area (Å²) in [6.45, 7) is 3.29. The maximum Gasteiger partial charge on any atom is 0.232 e. The van der Waals surface area contributed by atoms with Crippen molar-refractivity contribution in [1.82, 2.24) is 4.98 Å². The molecule has 1 aromatic carbocycles. The molecule has 1 amide bonds. The van der Waals surface area contributed by atoms with Gasteiger partial charge in [-0.2, -0.15) is 0 Å². The molecule has 0 bridgehead atoms. The molecular formula is C17H22ClN3O3. The summed E-state index contributed by atoms with van der Waals surface area (Å²) in [6.07, 6.45) is 3.00. The van der Waals surface area contributed by atoms with Gasteiger partial charge in [0.1, 0.15) is 0 Å². The maximum atomic E-state index is 12.6. The van der Waals surface area contributed by atoms with Crippen molar-refractivity contribution in [1.29, 1.82) is 0 Å². The number of anilines is 1. The monoisotopic (exact) mass is 351 g/mol. The number of nitrogens with one attached hydrogen (secondary N) is 1. The average Bonchev–Trinajstić information content (AvgIpc) is 3.02. The Labute approximate surface area is 147 Å². The fourth-order valence-electron chi connectivity index (χ4n) is 2.76. The number of aromatic nitrogens is 1. The molecule has 1 aliphatic heterocycles. The van der Waals surface area contributed by atoms with E-state index < -0.39 is 5.41 Å². The van der Waals surface area contributed by atoms with E-state index in [-0.39, 0.29) is 18.3 Å². The molecule has 130 valence electrons.